The molecule has 0 aliphatic rings. The number of hydrogen-bond donors (Lipinski definition) is 1. The predicted molar refractivity (Wildman–Crippen MR) is 53.3 cm³/mol. The highest BCUT2D eigenvalue weighted by Crippen LogP contribution is 2.09. The Morgan fingerprint density at radius 2 is 2.20 bits per heavy atom. The van der Waals surface area contributed by atoms with Gasteiger partial charge in [0.25, 0.3) is 0 Å². The van der Waals surface area contributed by atoms with Crippen LogP contribution in [0.4, 0.5) is 8.78 Å². The molecule has 0 heterocycles. The Labute approximate surface area is 86.6 Å². The van der Waals surface area contributed by atoms with Gasteiger partial charge in [-0.2, -0.15) is 0 Å². The van der Waals surface area contributed by atoms with Gasteiger partial charge in [-0.1, -0.05) is 12.1 Å². The van der Waals surface area contributed by atoms with Crippen LogP contribution < -0.4 is 5.32 Å². The van der Waals surface area contributed by atoms with Crippen molar-refractivity contribution in [2.45, 2.75) is 6.42 Å². The van der Waals surface area contributed by atoms with E-state index in [4.69, 9.17) is 0 Å². The summed E-state index contributed by atoms with van der Waals surface area (Å²) < 4.78 is 25.6. The number of nitrogens with one attached hydrogen (secondary N) is 1. The number of hydrogen-bond acceptors (Lipinski definition) is 1. The fraction of sp³-hybridized carbons (Fsp3) is 0.182. The molecular weight excluding hydrogens is 200 g/mol. The van der Waals surface area contributed by atoms with Crippen LogP contribution in [-0.2, 0) is 11.2 Å². The third-order valence-corrected chi connectivity index (χ3v) is 1.81. The van der Waals surface area contributed by atoms with E-state index in [0.29, 0.717) is 6.54 Å². The maximum atomic E-state index is 13.1. The minimum absolute atomic E-state index is 0.0973. The van der Waals surface area contributed by atoms with Crippen LogP contribution in [0.1, 0.15) is 5.56 Å². The standard InChI is InChI=1S/C11H11F2NO/c1-2-5-14-11(15)6-8-3-4-9(12)7-10(8)13/h2-4,7H,1,5-6H2,(H,14,15). The van der Waals surface area contributed by atoms with Crippen molar-refractivity contribution >= 4 is 5.91 Å². The molecule has 0 aliphatic carbocycles. The summed E-state index contributed by atoms with van der Waals surface area (Å²) in [5, 5.41) is 2.51. The second-order valence-electron chi connectivity index (χ2n) is 3.01. The molecule has 15 heavy (non-hydrogen) atoms. The molecule has 2 nitrogen and oxygen atoms in total. The van der Waals surface area contributed by atoms with E-state index in [1.807, 2.05) is 0 Å². The van der Waals surface area contributed by atoms with Crippen LogP contribution in [0.2, 0.25) is 0 Å². The zero-order valence-corrected chi connectivity index (χ0v) is 8.09. The summed E-state index contributed by atoms with van der Waals surface area (Å²) in [4.78, 5) is 11.2. The molecule has 4 heteroatoms. The van der Waals surface area contributed by atoms with Gasteiger partial charge in [-0.05, 0) is 11.6 Å². The van der Waals surface area contributed by atoms with Gasteiger partial charge < -0.3 is 5.32 Å². The van der Waals surface area contributed by atoms with Crippen LogP contribution in [0.15, 0.2) is 30.9 Å². The van der Waals surface area contributed by atoms with Gasteiger partial charge in [-0.25, -0.2) is 8.78 Å². The largest absolute Gasteiger partial charge is 0.352 e. The van der Waals surface area contributed by atoms with E-state index < -0.39 is 11.6 Å². The van der Waals surface area contributed by atoms with Crippen molar-refractivity contribution in [1.29, 1.82) is 0 Å². The molecule has 0 saturated heterocycles. The zero-order chi connectivity index (χ0) is 11.3. The molecule has 0 aromatic heterocycles. The summed E-state index contributed by atoms with van der Waals surface area (Å²) in [5.74, 6) is -1.67. The monoisotopic (exact) mass is 211 g/mol. The zero-order valence-electron chi connectivity index (χ0n) is 8.09. The lowest BCUT2D eigenvalue weighted by Gasteiger charge is -2.03. The van der Waals surface area contributed by atoms with Gasteiger partial charge in [0.2, 0.25) is 5.91 Å². The van der Waals surface area contributed by atoms with E-state index in [2.05, 4.69) is 11.9 Å². The topological polar surface area (TPSA) is 29.1 Å². The van der Waals surface area contributed by atoms with E-state index in [0.717, 1.165) is 12.1 Å². The van der Waals surface area contributed by atoms with E-state index in [-0.39, 0.29) is 17.9 Å². The van der Waals surface area contributed by atoms with Crippen molar-refractivity contribution < 1.29 is 13.6 Å². The normalized spacial score (nSPS) is 9.73. The Morgan fingerprint density at radius 3 is 2.80 bits per heavy atom. The number of carbonyl (C=O) groups is 1. The molecule has 1 aromatic carbocycles. The molecule has 0 saturated carbocycles. The molecule has 1 amide bonds. The first-order valence-electron chi connectivity index (χ1n) is 4.45. The van der Waals surface area contributed by atoms with Gasteiger partial charge in [0, 0.05) is 12.6 Å². The lowest BCUT2D eigenvalue weighted by molar-refractivity contribution is -0.120. The van der Waals surface area contributed by atoms with Crippen LogP contribution in [0, 0.1) is 11.6 Å². The first-order valence-corrected chi connectivity index (χ1v) is 4.45. The molecule has 0 spiro atoms. The van der Waals surface area contributed by atoms with Crippen molar-refractivity contribution in [1.82, 2.24) is 5.32 Å². The second-order valence-corrected chi connectivity index (χ2v) is 3.01. The highest BCUT2D eigenvalue weighted by atomic mass is 19.1. The van der Waals surface area contributed by atoms with Crippen LogP contribution in [0.3, 0.4) is 0 Å². The molecule has 1 N–H and O–H groups in total. The SMILES string of the molecule is C=CCNC(=O)Cc1ccc(F)cc1F. The molecular formula is C11H11F2NO. The molecule has 0 atom stereocenters. The van der Waals surface area contributed by atoms with Gasteiger partial charge in [0.15, 0.2) is 0 Å². The Hall–Kier alpha value is -1.71. The minimum Gasteiger partial charge on any atom is -0.352 e. The molecule has 0 radical (unpaired) electrons. The fourth-order valence-electron chi connectivity index (χ4n) is 1.09. The highest BCUT2D eigenvalue weighted by Gasteiger charge is 2.07. The van der Waals surface area contributed by atoms with E-state index >= 15 is 0 Å². The van der Waals surface area contributed by atoms with Crippen LogP contribution in [0.25, 0.3) is 0 Å². The van der Waals surface area contributed by atoms with E-state index in [9.17, 15) is 13.6 Å². The Morgan fingerprint density at radius 1 is 1.47 bits per heavy atom. The number of rotatable bonds is 4. The summed E-state index contributed by atoms with van der Waals surface area (Å²) in [6.45, 7) is 3.77. The van der Waals surface area contributed by atoms with Crippen molar-refractivity contribution in [3.05, 3.63) is 48.1 Å². The van der Waals surface area contributed by atoms with Crippen molar-refractivity contribution in [2.24, 2.45) is 0 Å². The van der Waals surface area contributed by atoms with E-state index in [1.165, 1.54) is 12.1 Å². The molecule has 1 rings (SSSR count). The van der Waals surface area contributed by atoms with Crippen molar-refractivity contribution in [2.75, 3.05) is 6.54 Å². The average molecular weight is 211 g/mol. The summed E-state index contributed by atoms with van der Waals surface area (Å²) in [7, 11) is 0. The maximum absolute atomic E-state index is 13.1. The molecule has 80 valence electrons. The van der Waals surface area contributed by atoms with Gasteiger partial charge in [-0.3, -0.25) is 4.79 Å². The predicted octanol–water partition coefficient (Wildman–Crippen LogP) is 1.81. The molecule has 0 aliphatic heterocycles. The smallest absolute Gasteiger partial charge is 0.224 e. The highest BCUT2D eigenvalue weighted by molar-refractivity contribution is 5.78. The molecule has 0 fully saturated rings. The average Bonchev–Trinajstić information content (AvgIpc) is 2.19. The third-order valence-electron chi connectivity index (χ3n) is 1.81. The van der Waals surface area contributed by atoms with Gasteiger partial charge in [-0.15, -0.1) is 6.58 Å². The minimum atomic E-state index is -0.705. The first kappa shape index (κ1) is 11.4. The van der Waals surface area contributed by atoms with Gasteiger partial charge in [0.05, 0.1) is 6.42 Å². The molecule has 0 unspecified atom stereocenters. The van der Waals surface area contributed by atoms with Gasteiger partial charge >= 0.3 is 0 Å². The lowest BCUT2D eigenvalue weighted by Crippen LogP contribution is -2.25. The summed E-state index contributed by atoms with van der Waals surface area (Å²) in [6.07, 6.45) is 1.43. The quantitative estimate of drug-likeness (QED) is 0.756. The lowest BCUT2D eigenvalue weighted by atomic mass is 10.1. The summed E-state index contributed by atoms with van der Waals surface area (Å²) in [6, 6.07) is 3.15. The second kappa shape index (κ2) is 5.24. The summed E-state index contributed by atoms with van der Waals surface area (Å²) >= 11 is 0. The Balaban J connectivity index is 2.64. The van der Waals surface area contributed by atoms with Crippen molar-refractivity contribution in [3.63, 3.8) is 0 Å². The number of carbonyl (C=O) groups excluding carboxylic acids is 1. The number of halogens is 2. The molecule has 0 bridgehead atoms. The Bertz CT molecular complexity index is 377. The molecule has 1 aromatic rings. The first-order chi connectivity index (χ1) is 7.13. The Kier molecular flexibility index (Phi) is 3.97. The van der Waals surface area contributed by atoms with Crippen molar-refractivity contribution in [3.8, 4) is 0 Å². The van der Waals surface area contributed by atoms with Crippen LogP contribution >= 0.6 is 0 Å². The van der Waals surface area contributed by atoms with Crippen LogP contribution in [0.5, 0.6) is 0 Å². The van der Waals surface area contributed by atoms with E-state index in [1.54, 1.807) is 0 Å². The fourth-order valence-corrected chi connectivity index (χ4v) is 1.09. The van der Waals surface area contributed by atoms with Gasteiger partial charge in [0.1, 0.15) is 11.6 Å². The summed E-state index contributed by atoms with van der Waals surface area (Å²) in [5.41, 5.74) is 0.179. The third kappa shape index (κ3) is 3.50. The maximum Gasteiger partial charge on any atom is 0.224 e. The number of benzene rings is 1. The van der Waals surface area contributed by atoms with Crippen LogP contribution in [-0.4, -0.2) is 12.5 Å². The number of amides is 1.